The van der Waals surface area contributed by atoms with Crippen molar-refractivity contribution >= 4 is 10.9 Å². The highest BCUT2D eigenvalue weighted by Gasteiger charge is 2.24. The normalized spacial score (nSPS) is 18.4. The molecule has 0 aliphatic carbocycles. The molecule has 0 spiro atoms. The maximum atomic E-state index is 2.68. The zero-order valence-electron chi connectivity index (χ0n) is 12.1. The molecule has 2 aromatic rings. The third-order valence-corrected chi connectivity index (χ3v) is 4.27. The van der Waals surface area contributed by atoms with Gasteiger partial charge in [0.2, 0.25) is 0 Å². The second-order valence-electron chi connectivity index (χ2n) is 5.72. The molecule has 3 rings (SSSR count). The Kier molecular flexibility index (Phi) is 3.61. The first-order valence-corrected chi connectivity index (χ1v) is 7.64. The Balaban J connectivity index is 1.89. The Morgan fingerprint density at radius 2 is 1.95 bits per heavy atom. The fourth-order valence-corrected chi connectivity index (χ4v) is 3.50. The zero-order valence-corrected chi connectivity index (χ0v) is 12.1. The van der Waals surface area contributed by atoms with Crippen LogP contribution >= 0.6 is 0 Å². The Labute approximate surface area is 116 Å². The van der Waals surface area contributed by atoms with E-state index in [9.17, 15) is 0 Å². The van der Waals surface area contributed by atoms with Crippen LogP contribution in [0.1, 0.15) is 32.3 Å². The standard InChI is InChI=1S/C17H24N2/c1-3-9-18(10-4-2)16-12-15-7-5-6-14-8-11-19(13-16)17(14)15/h5-8,11,16H,3-4,9-10,12-13H2,1-2H3. The topological polar surface area (TPSA) is 8.17 Å². The van der Waals surface area contributed by atoms with Crippen LogP contribution < -0.4 is 0 Å². The molecule has 1 aliphatic heterocycles. The lowest BCUT2D eigenvalue weighted by molar-refractivity contribution is 0.174. The smallest absolute Gasteiger partial charge is 0.0513 e. The maximum absolute atomic E-state index is 2.68. The van der Waals surface area contributed by atoms with Gasteiger partial charge in [0.05, 0.1) is 5.52 Å². The lowest BCUT2D eigenvalue weighted by Crippen LogP contribution is -2.42. The van der Waals surface area contributed by atoms with Crippen LogP contribution in [-0.4, -0.2) is 28.6 Å². The Morgan fingerprint density at radius 3 is 2.68 bits per heavy atom. The van der Waals surface area contributed by atoms with Crippen molar-refractivity contribution in [2.24, 2.45) is 0 Å². The van der Waals surface area contributed by atoms with Crippen LogP contribution in [0.15, 0.2) is 30.5 Å². The largest absolute Gasteiger partial charge is 0.346 e. The lowest BCUT2D eigenvalue weighted by atomic mass is 9.98. The number of aromatic nitrogens is 1. The number of rotatable bonds is 5. The van der Waals surface area contributed by atoms with Gasteiger partial charge in [-0.2, -0.15) is 0 Å². The minimum atomic E-state index is 0.672. The van der Waals surface area contributed by atoms with Crippen molar-refractivity contribution in [3.8, 4) is 0 Å². The summed E-state index contributed by atoms with van der Waals surface area (Å²) in [6, 6.07) is 9.66. The van der Waals surface area contributed by atoms with Crippen LogP contribution in [0.25, 0.3) is 10.9 Å². The first-order chi connectivity index (χ1) is 9.33. The van der Waals surface area contributed by atoms with E-state index in [1.165, 1.54) is 48.8 Å². The highest BCUT2D eigenvalue weighted by atomic mass is 15.2. The molecule has 0 amide bonds. The summed E-state index contributed by atoms with van der Waals surface area (Å²) in [4.78, 5) is 2.68. The van der Waals surface area contributed by atoms with Crippen LogP contribution in [0, 0.1) is 0 Å². The van der Waals surface area contributed by atoms with E-state index in [0.717, 1.165) is 6.54 Å². The summed E-state index contributed by atoms with van der Waals surface area (Å²) in [5.74, 6) is 0. The fraction of sp³-hybridized carbons (Fsp3) is 0.529. The molecule has 1 aromatic heterocycles. The third-order valence-electron chi connectivity index (χ3n) is 4.27. The summed E-state index contributed by atoms with van der Waals surface area (Å²) in [5, 5.41) is 1.40. The summed E-state index contributed by atoms with van der Waals surface area (Å²) in [6.45, 7) is 8.18. The molecule has 2 heterocycles. The maximum Gasteiger partial charge on any atom is 0.0513 e. The van der Waals surface area contributed by atoms with Gasteiger partial charge in [-0.15, -0.1) is 0 Å². The molecule has 0 saturated carbocycles. The minimum absolute atomic E-state index is 0.672. The quantitative estimate of drug-likeness (QED) is 0.792. The minimum Gasteiger partial charge on any atom is -0.346 e. The van der Waals surface area contributed by atoms with Crippen LogP contribution in [-0.2, 0) is 13.0 Å². The predicted octanol–water partition coefficient (Wildman–Crippen LogP) is 3.69. The second-order valence-corrected chi connectivity index (χ2v) is 5.72. The van der Waals surface area contributed by atoms with Crippen molar-refractivity contribution in [1.29, 1.82) is 0 Å². The van der Waals surface area contributed by atoms with Crippen LogP contribution in [0.2, 0.25) is 0 Å². The van der Waals surface area contributed by atoms with Gasteiger partial charge >= 0.3 is 0 Å². The highest BCUT2D eigenvalue weighted by molar-refractivity contribution is 5.84. The molecule has 1 unspecified atom stereocenters. The van der Waals surface area contributed by atoms with Gasteiger partial charge in [0, 0.05) is 18.8 Å². The molecular formula is C17H24N2. The van der Waals surface area contributed by atoms with Gasteiger partial charge in [0.15, 0.2) is 0 Å². The van der Waals surface area contributed by atoms with Crippen molar-refractivity contribution in [3.05, 3.63) is 36.0 Å². The van der Waals surface area contributed by atoms with Crippen molar-refractivity contribution in [2.45, 2.75) is 45.7 Å². The summed E-state index contributed by atoms with van der Waals surface area (Å²) in [6.07, 6.45) is 5.97. The summed E-state index contributed by atoms with van der Waals surface area (Å²) < 4.78 is 2.46. The summed E-state index contributed by atoms with van der Waals surface area (Å²) >= 11 is 0. The van der Waals surface area contributed by atoms with Crippen molar-refractivity contribution in [2.75, 3.05) is 13.1 Å². The summed E-state index contributed by atoms with van der Waals surface area (Å²) in [7, 11) is 0. The van der Waals surface area contributed by atoms with E-state index >= 15 is 0 Å². The molecular weight excluding hydrogens is 232 g/mol. The van der Waals surface area contributed by atoms with E-state index in [2.05, 4.69) is 53.8 Å². The van der Waals surface area contributed by atoms with E-state index in [0.29, 0.717) is 6.04 Å². The van der Waals surface area contributed by atoms with Gasteiger partial charge in [-0.3, -0.25) is 4.90 Å². The molecule has 19 heavy (non-hydrogen) atoms. The first kappa shape index (κ1) is 12.7. The van der Waals surface area contributed by atoms with E-state index in [-0.39, 0.29) is 0 Å². The predicted molar refractivity (Wildman–Crippen MR) is 81.6 cm³/mol. The second kappa shape index (κ2) is 5.38. The molecule has 0 bridgehead atoms. The van der Waals surface area contributed by atoms with E-state index in [1.807, 2.05) is 0 Å². The molecule has 1 aliphatic rings. The number of benzene rings is 1. The Morgan fingerprint density at radius 1 is 1.16 bits per heavy atom. The molecule has 2 heteroatoms. The molecule has 0 radical (unpaired) electrons. The number of nitrogens with zero attached hydrogens (tertiary/aromatic N) is 2. The molecule has 2 nitrogen and oxygen atoms in total. The van der Waals surface area contributed by atoms with Gasteiger partial charge in [0.1, 0.15) is 0 Å². The molecule has 1 aromatic carbocycles. The number of hydrogen-bond donors (Lipinski definition) is 0. The van der Waals surface area contributed by atoms with Gasteiger partial charge in [-0.05, 0) is 49.4 Å². The van der Waals surface area contributed by atoms with Crippen LogP contribution in [0.5, 0.6) is 0 Å². The van der Waals surface area contributed by atoms with E-state index in [1.54, 1.807) is 0 Å². The van der Waals surface area contributed by atoms with E-state index in [4.69, 9.17) is 0 Å². The molecule has 0 N–H and O–H groups in total. The molecule has 1 atom stereocenters. The average Bonchev–Trinajstić information content (AvgIpc) is 2.84. The van der Waals surface area contributed by atoms with Crippen molar-refractivity contribution in [1.82, 2.24) is 9.47 Å². The summed E-state index contributed by atoms with van der Waals surface area (Å²) in [5.41, 5.74) is 2.99. The Hall–Kier alpha value is -1.28. The monoisotopic (exact) mass is 256 g/mol. The highest BCUT2D eigenvalue weighted by Crippen LogP contribution is 2.28. The number of para-hydroxylation sites is 1. The molecule has 0 fully saturated rings. The molecule has 0 saturated heterocycles. The molecule has 102 valence electrons. The van der Waals surface area contributed by atoms with Crippen molar-refractivity contribution in [3.63, 3.8) is 0 Å². The number of hydrogen-bond acceptors (Lipinski definition) is 1. The van der Waals surface area contributed by atoms with Crippen LogP contribution in [0.4, 0.5) is 0 Å². The van der Waals surface area contributed by atoms with E-state index < -0.39 is 0 Å². The van der Waals surface area contributed by atoms with Crippen molar-refractivity contribution < 1.29 is 0 Å². The fourth-order valence-electron chi connectivity index (χ4n) is 3.50. The van der Waals surface area contributed by atoms with Gasteiger partial charge in [-0.25, -0.2) is 0 Å². The van der Waals surface area contributed by atoms with Crippen LogP contribution in [0.3, 0.4) is 0 Å². The average molecular weight is 256 g/mol. The Bertz CT molecular complexity index is 549. The van der Waals surface area contributed by atoms with Gasteiger partial charge in [-0.1, -0.05) is 32.0 Å². The SMILES string of the molecule is CCCN(CCC)C1Cc2cccc3ccn(c23)C1. The first-order valence-electron chi connectivity index (χ1n) is 7.64. The lowest BCUT2D eigenvalue weighted by Gasteiger charge is -2.35. The third kappa shape index (κ3) is 2.30. The zero-order chi connectivity index (χ0) is 13.2. The van der Waals surface area contributed by atoms with Gasteiger partial charge in [0.25, 0.3) is 0 Å². The van der Waals surface area contributed by atoms with Gasteiger partial charge < -0.3 is 4.57 Å².